The van der Waals surface area contributed by atoms with Gasteiger partial charge in [-0.1, -0.05) is 33.6 Å². The van der Waals surface area contributed by atoms with E-state index in [9.17, 15) is 13.2 Å². The van der Waals surface area contributed by atoms with Crippen LogP contribution in [0.5, 0.6) is 5.75 Å². The second-order valence-electron chi connectivity index (χ2n) is 6.00. The lowest BCUT2D eigenvalue weighted by atomic mass is 10.1. The summed E-state index contributed by atoms with van der Waals surface area (Å²) < 4.78 is 32.0. The third-order valence-electron chi connectivity index (χ3n) is 4.28. The molecule has 7 nitrogen and oxygen atoms in total. The third kappa shape index (κ3) is 5.43. The Hall–Kier alpha value is -1.64. The molecule has 0 bridgehead atoms. The van der Waals surface area contributed by atoms with Crippen molar-refractivity contribution in [2.75, 3.05) is 26.7 Å². The van der Waals surface area contributed by atoms with E-state index < -0.39 is 10.0 Å². The van der Waals surface area contributed by atoms with Gasteiger partial charge in [0.25, 0.3) is 5.91 Å². The minimum Gasteiger partial charge on any atom is -0.496 e. The van der Waals surface area contributed by atoms with Crippen molar-refractivity contribution in [1.29, 1.82) is 0 Å². The van der Waals surface area contributed by atoms with Gasteiger partial charge in [-0.05, 0) is 24.6 Å². The van der Waals surface area contributed by atoms with E-state index in [2.05, 4.69) is 12.2 Å². The van der Waals surface area contributed by atoms with Crippen molar-refractivity contribution < 1.29 is 17.9 Å². The lowest BCUT2D eigenvalue weighted by Gasteiger charge is -2.20. The van der Waals surface area contributed by atoms with Crippen LogP contribution in [0.4, 0.5) is 0 Å². The van der Waals surface area contributed by atoms with Crippen molar-refractivity contribution in [3.63, 3.8) is 0 Å². The molecule has 0 spiro atoms. The highest BCUT2D eigenvalue weighted by Gasteiger charge is 2.25. The smallest absolute Gasteiger partial charge is 0.255 e. The average molecular weight is 386 g/mol. The van der Waals surface area contributed by atoms with Gasteiger partial charge in [-0.3, -0.25) is 4.79 Å². The zero-order chi connectivity index (χ0) is 19.7. The van der Waals surface area contributed by atoms with Crippen LogP contribution in [0.1, 0.15) is 50.4 Å². The maximum absolute atomic E-state index is 12.7. The van der Waals surface area contributed by atoms with Crippen molar-refractivity contribution in [3.05, 3.63) is 23.8 Å². The topological polar surface area (TPSA) is 102 Å². The van der Waals surface area contributed by atoms with Gasteiger partial charge >= 0.3 is 0 Å². The van der Waals surface area contributed by atoms with Crippen LogP contribution in [0.3, 0.4) is 0 Å². The summed E-state index contributed by atoms with van der Waals surface area (Å²) in [5.74, 6) is -0.0581. The summed E-state index contributed by atoms with van der Waals surface area (Å²) in [4.78, 5) is 12.8. The molecule has 26 heavy (non-hydrogen) atoms. The summed E-state index contributed by atoms with van der Waals surface area (Å²) in [6.45, 7) is 6.66. The van der Waals surface area contributed by atoms with Crippen LogP contribution in [0.2, 0.25) is 0 Å². The molecule has 1 aromatic rings. The maximum atomic E-state index is 12.7. The molecule has 0 saturated heterocycles. The lowest BCUT2D eigenvalue weighted by molar-refractivity contribution is 0.0932. The van der Waals surface area contributed by atoms with Gasteiger partial charge in [0, 0.05) is 25.7 Å². The summed E-state index contributed by atoms with van der Waals surface area (Å²) >= 11 is 0. The molecule has 8 heteroatoms. The molecular weight excluding hydrogens is 354 g/mol. The number of hydrogen-bond donors (Lipinski definition) is 2. The van der Waals surface area contributed by atoms with Crippen molar-refractivity contribution in [3.8, 4) is 5.75 Å². The minimum absolute atomic E-state index is 0.0741. The number of methoxy groups -OCH3 is 1. The Morgan fingerprint density at radius 1 is 1.27 bits per heavy atom. The molecular formula is C18H31N3O4S. The number of carbonyl (C=O) groups is 1. The van der Waals surface area contributed by atoms with Crippen LogP contribution in [-0.2, 0) is 10.0 Å². The van der Waals surface area contributed by atoms with Crippen molar-refractivity contribution in [2.24, 2.45) is 5.73 Å². The molecule has 0 heterocycles. The summed E-state index contributed by atoms with van der Waals surface area (Å²) in [6.07, 6.45) is 2.74. The quantitative estimate of drug-likeness (QED) is 0.606. The van der Waals surface area contributed by atoms with Crippen LogP contribution in [0, 0.1) is 0 Å². The lowest BCUT2D eigenvalue weighted by Crippen LogP contribution is -2.40. The van der Waals surface area contributed by atoms with E-state index in [1.807, 2.05) is 0 Å². The maximum Gasteiger partial charge on any atom is 0.255 e. The van der Waals surface area contributed by atoms with E-state index in [0.717, 1.165) is 19.3 Å². The highest BCUT2D eigenvalue weighted by molar-refractivity contribution is 7.89. The highest BCUT2D eigenvalue weighted by Crippen LogP contribution is 2.25. The van der Waals surface area contributed by atoms with Gasteiger partial charge in [-0.15, -0.1) is 0 Å². The van der Waals surface area contributed by atoms with Gasteiger partial charge in [0.15, 0.2) is 0 Å². The average Bonchev–Trinajstić information content (AvgIpc) is 2.64. The molecule has 0 fully saturated rings. The Kier molecular flexibility index (Phi) is 9.04. The highest BCUT2D eigenvalue weighted by atomic mass is 32.2. The number of ether oxygens (including phenoxy) is 1. The predicted octanol–water partition coefficient (Wildman–Crippen LogP) is 1.97. The number of unbranched alkanes of at least 4 members (excludes halogenated alkanes) is 1. The Labute approximate surface area is 156 Å². The number of hydrogen-bond acceptors (Lipinski definition) is 5. The van der Waals surface area contributed by atoms with Crippen LogP contribution < -0.4 is 15.8 Å². The molecule has 0 radical (unpaired) electrons. The minimum atomic E-state index is -3.66. The van der Waals surface area contributed by atoms with Crippen molar-refractivity contribution in [1.82, 2.24) is 9.62 Å². The van der Waals surface area contributed by atoms with Gasteiger partial charge in [0.05, 0.1) is 17.6 Å². The number of carbonyl (C=O) groups excluding carboxylic acids is 1. The van der Waals surface area contributed by atoms with Crippen molar-refractivity contribution >= 4 is 15.9 Å². The fourth-order valence-corrected chi connectivity index (χ4v) is 4.18. The third-order valence-corrected chi connectivity index (χ3v) is 6.33. The van der Waals surface area contributed by atoms with Crippen LogP contribution in [0.25, 0.3) is 0 Å². The van der Waals surface area contributed by atoms with E-state index in [1.165, 1.54) is 29.6 Å². The molecule has 1 rings (SSSR count). The summed E-state index contributed by atoms with van der Waals surface area (Å²) in [6, 6.07) is 4.18. The van der Waals surface area contributed by atoms with E-state index >= 15 is 0 Å². The SMILES string of the molecule is CCCCC(CN)NC(=O)c1cc(S(=O)(=O)N(CC)CC)ccc1OC. The first-order valence-electron chi connectivity index (χ1n) is 9.04. The summed E-state index contributed by atoms with van der Waals surface area (Å²) in [7, 11) is -2.21. The molecule has 0 aliphatic heterocycles. The standard InChI is InChI=1S/C18H31N3O4S/c1-5-8-9-14(13-19)20-18(22)16-12-15(10-11-17(16)25-4)26(23,24)21(6-2)7-3/h10-12,14H,5-9,13,19H2,1-4H3,(H,20,22). The molecule has 0 aliphatic rings. The first-order chi connectivity index (χ1) is 12.3. The van der Waals surface area contributed by atoms with Gasteiger partial charge in [0.1, 0.15) is 5.75 Å². The van der Waals surface area contributed by atoms with Crippen LogP contribution in [0.15, 0.2) is 23.1 Å². The number of nitrogens with one attached hydrogen (secondary N) is 1. The fraction of sp³-hybridized carbons (Fsp3) is 0.611. The fourth-order valence-electron chi connectivity index (χ4n) is 2.70. The Morgan fingerprint density at radius 2 is 1.92 bits per heavy atom. The Bertz CT molecular complexity index is 688. The zero-order valence-corrected chi connectivity index (χ0v) is 16.9. The van der Waals surface area contributed by atoms with E-state index in [1.54, 1.807) is 13.8 Å². The van der Waals surface area contributed by atoms with Crippen molar-refractivity contribution in [2.45, 2.75) is 51.0 Å². The molecule has 1 aromatic carbocycles. The van der Waals surface area contributed by atoms with E-state index in [4.69, 9.17) is 10.5 Å². The number of amides is 1. The first kappa shape index (κ1) is 22.4. The van der Waals surface area contributed by atoms with Gasteiger partial charge in [0.2, 0.25) is 10.0 Å². The number of rotatable bonds is 11. The molecule has 3 N–H and O–H groups in total. The normalized spacial score (nSPS) is 12.8. The van der Waals surface area contributed by atoms with E-state index in [-0.39, 0.29) is 22.4 Å². The number of benzene rings is 1. The zero-order valence-electron chi connectivity index (χ0n) is 16.1. The number of nitrogens with zero attached hydrogens (tertiary/aromatic N) is 1. The van der Waals surface area contributed by atoms with Gasteiger partial charge in [-0.25, -0.2) is 8.42 Å². The largest absolute Gasteiger partial charge is 0.496 e. The molecule has 0 aromatic heterocycles. The van der Waals surface area contributed by atoms with Gasteiger partial charge in [-0.2, -0.15) is 4.31 Å². The Morgan fingerprint density at radius 3 is 2.42 bits per heavy atom. The van der Waals surface area contributed by atoms with Gasteiger partial charge < -0.3 is 15.8 Å². The summed E-state index contributed by atoms with van der Waals surface area (Å²) in [5.41, 5.74) is 5.93. The number of sulfonamides is 1. The Balaban J connectivity index is 3.19. The molecule has 1 amide bonds. The first-order valence-corrected chi connectivity index (χ1v) is 10.5. The molecule has 0 aliphatic carbocycles. The second-order valence-corrected chi connectivity index (χ2v) is 7.94. The molecule has 0 saturated carbocycles. The molecule has 1 atom stereocenters. The molecule has 1 unspecified atom stereocenters. The van der Waals surface area contributed by atoms with Crippen LogP contribution >= 0.6 is 0 Å². The summed E-state index contributed by atoms with van der Waals surface area (Å²) in [5, 5.41) is 2.88. The number of nitrogens with two attached hydrogens (primary N) is 1. The van der Waals surface area contributed by atoms with E-state index in [0.29, 0.717) is 25.4 Å². The monoisotopic (exact) mass is 385 g/mol. The van der Waals surface area contributed by atoms with Crippen LogP contribution in [-0.4, -0.2) is 51.4 Å². The molecule has 148 valence electrons. The predicted molar refractivity (Wildman–Crippen MR) is 103 cm³/mol. The second kappa shape index (κ2) is 10.5.